The molecule has 0 saturated carbocycles. The van der Waals surface area contributed by atoms with Crippen LogP contribution in [0.4, 0.5) is 0 Å². The van der Waals surface area contributed by atoms with E-state index in [9.17, 15) is 0 Å². The first-order chi connectivity index (χ1) is 9.65. The smallest absolute Gasteiger partial charge is 0.191 e. The highest BCUT2D eigenvalue weighted by Crippen LogP contribution is 2.34. The van der Waals surface area contributed by atoms with Gasteiger partial charge in [-0.3, -0.25) is 4.99 Å². The van der Waals surface area contributed by atoms with E-state index in [4.69, 9.17) is 10.7 Å². The zero-order chi connectivity index (χ0) is 14.4. The van der Waals surface area contributed by atoms with Crippen LogP contribution >= 0.6 is 35.7 Å². The topological polar surface area (TPSA) is 44.9 Å². The molecule has 0 aromatic carbocycles. The van der Waals surface area contributed by atoms with Crippen LogP contribution in [0.1, 0.15) is 38.5 Å². The Hall–Kier alpha value is 0.310. The van der Waals surface area contributed by atoms with Crippen molar-refractivity contribution in [2.45, 2.75) is 43.3 Å². The van der Waals surface area contributed by atoms with Gasteiger partial charge >= 0.3 is 0 Å². The molecule has 4 nitrogen and oxygen atoms in total. The van der Waals surface area contributed by atoms with Crippen molar-refractivity contribution in [3.05, 3.63) is 0 Å². The van der Waals surface area contributed by atoms with Gasteiger partial charge in [-0.15, -0.1) is 24.0 Å². The zero-order valence-electron chi connectivity index (χ0n) is 13.5. The standard InChI is InChI=1S/C15H30N4S.HI/c1-18-11-7-15(20-2,8-12-18)13-17-14(16)19-9-5-3-4-6-10-19;/h3-13H2,1-2H3,(H2,16,17);1H. The first-order valence-corrected chi connectivity index (χ1v) is 9.16. The van der Waals surface area contributed by atoms with E-state index in [1.807, 2.05) is 11.8 Å². The van der Waals surface area contributed by atoms with E-state index in [2.05, 4.69) is 23.1 Å². The molecule has 0 amide bonds. The van der Waals surface area contributed by atoms with E-state index in [1.54, 1.807) is 0 Å². The highest BCUT2D eigenvalue weighted by molar-refractivity contribution is 14.0. The second kappa shape index (κ2) is 9.45. The third kappa shape index (κ3) is 5.78. The molecule has 2 fully saturated rings. The van der Waals surface area contributed by atoms with Crippen molar-refractivity contribution in [3.8, 4) is 0 Å². The quantitative estimate of drug-likeness (QED) is 0.428. The molecular weight excluding hydrogens is 395 g/mol. The maximum Gasteiger partial charge on any atom is 0.191 e. The van der Waals surface area contributed by atoms with Crippen LogP contribution < -0.4 is 5.73 Å². The molecule has 0 atom stereocenters. The summed E-state index contributed by atoms with van der Waals surface area (Å²) in [5.41, 5.74) is 6.23. The van der Waals surface area contributed by atoms with Crippen molar-refractivity contribution in [3.63, 3.8) is 0 Å². The summed E-state index contributed by atoms with van der Waals surface area (Å²) in [6.45, 7) is 5.42. The van der Waals surface area contributed by atoms with Crippen LogP contribution in [0.15, 0.2) is 4.99 Å². The van der Waals surface area contributed by atoms with Crippen molar-refractivity contribution in [1.82, 2.24) is 9.80 Å². The molecule has 2 saturated heterocycles. The van der Waals surface area contributed by atoms with Gasteiger partial charge in [0.25, 0.3) is 0 Å². The van der Waals surface area contributed by atoms with Gasteiger partial charge in [-0.25, -0.2) is 0 Å². The lowest BCUT2D eigenvalue weighted by molar-refractivity contribution is 0.242. The maximum atomic E-state index is 6.23. The SMILES string of the molecule is CSC1(CN=C(N)N2CCCCCC2)CCN(C)CC1.I. The molecule has 6 heteroatoms. The van der Waals surface area contributed by atoms with E-state index in [0.717, 1.165) is 25.6 Å². The number of halogens is 1. The normalized spacial score (nSPS) is 24.3. The first-order valence-electron chi connectivity index (χ1n) is 7.94. The van der Waals surface area contributed by atoms with Gasteiger partial charge in [0.05, 0.1) is 6.54 Å². The number of piperidine rings is 1. The molecule has 0 aliphatic carbocycles. The van der Waals surface area contributed by atoms with Gasteiger partial charge in [0.1, 0.15) is 0 Å². The molecule has 0 bridgehead atoms. The Morgan fingerprint density at radius 1 is 1.10 bits per heavy atom. The monoisotopic (exact) mass is 426 g/mol. The van der Waals surface area contributed by atoms with Crippen LogP contribution in [-0.4, -0.2) is 66.5 Å². The van der Waals surface area contributed by atoms with Gasteiger partial charge in [0.2, 0.25) is 0 Å². The second-order valence-electron chi connectivity index (χ2n) is 6.27. The number of aliphatic imine (C=N–C) groups is 1. The van der Waals surface area contributed by atoms with Crippen LogP contribution in [0, 0.1) is 0 Å². The Morgan fingerprint density at radius 3 is 2.19 bits per heavy atom. The largest absolute Gasteiger partial charge is 0.370 e. The van der Waals surface area contributed by atoms with Gasteiger partial charge in [-0.05, 0) is 52.1 Å². The number of nitrogens with two attached hydrogens (primary N) is 1. The van der Waals surface area contributed by atoms with Crippen molar-refractivity contribution in [1.29, 1.82) is 0 Å². The molecule has 2 N–H and O–H groups in total. The molecule has 0 unspecified atom stereocenters. The summed E-state index contributed by atoms with van der Waals surface area (Å²) in [5.74, 6) is 0.777. The maximum absolute atomic E-state index is 6.23. The van der Waals surface area contributed by atoms with Gasteiger partial charge in [-0.1, -0.05) is 12.8 Å². The summed E-state index contributed by atoms with van der Waals surface area (Å²) < 4.78 is 0.309. The molecule has 2 aliphatic rings. The Balaban J connectivity index is 0.00000220. The molecule has 124 valence electrons. The molecule has 0 spiro atoms. The van der Waals surface area contributed by atoms with Crippen molar-refractivity contribution < 1.29 is 0 Å². The Morgan fingerprint density at radius 2 is 1.67 bits per heavy atom. The highest BCUT2D eigenvalue weighted by atomic mass is 127. The number of nitrogens with zero attached hydrogens (tertiary/aromatic N) is 3. The number of hydrogen-bond acceptors (Lipinski definition) is 3. The second-order valence-corrected chi connectivity index (χ2v) is 7.54. The van der Waals surface area contributed by atoms with Gasteiger partial charge in [0, 0.05) is 17.8 Å². The number of rotatable bonds is 3. The fourth-order valence-corrected chi connectivity index (χ4v) is 3.86. The van der Waals surface area contributed by atoms with Gasteiger partial charge in [-0.2, -0.15) is 11.8 Å². The van der Waals surface area contributed by atoms with E-state index in [0.29, 0.717) is 4.75 Å². The van der Waals surface area contributed by atoms with E-state index >= 15 is 0 Å². The number of hydrogen-bond donors (Lipinski definition) is 1. The summed E-state index contributed by atoms with van der Waals surface area (Å²) in [4.78, 5) is 9.46. The molecule has 0 aromatic rings. The van der Waals surface area contributed by atoms with Crippen molar-refractivity contribution >= 4 is 41.7 Å². The molecule has 0 radical (unpaired) electrons. The number of guanidine groups is 1. The van der Waals surface area contributed by atoms with Crippen LogP contribution in [0.25, 0.3) is 0 Å². The lowest BCUT2D eigenvalue weighted by atomic mass is 9.96. The Bertz CT molecular complexity index is 322. The third-order valence-corrected chi connectivity index (χ3v) is 6.19. The molecule has 2 rings (SSSR count). The summed E-state index contributed by atoms with van der Waals surface area (Å²) in [6.07, 6.45) is 9.87. The minimum Gasteiger partial charge on any atom is -0.370 e. The lowest BCUT2D eigenvalue weighted by Gasteiger charge is -2.38. The predicted molar refractivity (Wildman–Crippen MR) is 105 cm³/mol. The first kappa shape index (κ1) is 19.4. The molecular formula is C15H31IN4S. The zero-order valence-corrected chi connectivity index (χ0v) is 16.7. The van der Waals surface area contributed by atoms with E-state index < -0.39 is 0 Å². The minimum absolute atomic E-state index is 0. The molecule has 2 aliphatic heterocycles. The van der Waals surface area contributed by atoms with Gasteiger partial charge < -0.3 is 15.5 Å². The summed E-state index contributed by atoms with van der Waals surface area (Å²) in [6, 6.07) is 0. The summed E-state index contributed by atoms with van der Waals surface area (Å²) in [7, 11) is 2.21. The van der Waals surface area contributed by atoms with Crippen LogP contribution in [0.3, 0.4) is 0 Å². The van der Waals surface area contributed by atoms with E-state index in [1.165, 1.54) is 51.6 Å². The van der Waals surface area contributed by atoms with Crippen molar-refractivity contribution in [2.24, 2.45) is 10.7 Å². The van der Waals surface area contributed by atoms with Crippen LogP contribution in [0.5, 0.6) is 0 Å². The fourth-order valence-electron chi connectivity index (χ4n) is 3.08. The van der Waals surface area contributed by atoms with Crippen molar-refractivity contribution in [2.75, 3.05) is 46.0 Å². The molecule has 21 heavy (non-hydrogen) atoms. The van der Waals surface area contributed by atoms with Crippen LogP contribution in [-0.2, 0) is 0 Å². The molecule has 2 heterocycles. The van der Waals surface area contributed by atoms with E-state index in [-0.39, 0.29) is 24.0 Å². The Kier molecular flexibility index (Phi) is 8.71. The average Bonchev–Trinajstić information content (AvgIpc) is 2.76. The fraction of sp³-hybridized carbons (Fsp3) is 0.933. The van der Waals surface area contributed by atoms with Gasteiger partial charge in [0.15, 0.2) is 5.96 Å². The predicted octanol–water partition coefficient (Wildman–Crippen LogP) is 2.62. The number of likely N-dealkylation sites (tertiary alicyclic amines) is 2. The lowest BCUT2D eigenvalue weighted by Crippen LogP contribution is -2.44. The number of thioether (sulfide) groups is 1. The molecule has 0 aromatic heterocycles. The highest BCUT2D eigenvalue weighted by Gasteiger charge is 2.32. The summed E-state index contributed by atoms with van der Waals surface area (Å²) >= 11 is 1.98. The average molecular weight is 426 g/mol. The van der Waals surface area contributed by atoms with Crippen LogP contribution in [0.2, 0.25) is 0 Å². The summed E-state index contributed by atoms with van der Waals surface area (Å²) in [5, 5.41) is 0. The Labute approximate surface area is 151 Å². The minimum atomic E-state index is 0. The third-order valence-electron chi connectivity index (χ3n) is 4.79.